The maximum atomic E-state index is 9.97. The zero-order valence-corrected chi connectivity index (χ0v) is 16.8. The van der Waals surface area contributed by atoms with Gasteiger partial charge in [0.25, 0.3) is 0 Å². The summed E-state index contributed by atoms with van der Waals surface area (Å²) >= 11 is 0. The highest BCUT2D eigenvalue weighted by molar-refractivity contribution is 5.93. The topological polar surface area (TPSA) is 72.3 Å². The van der Waals surface area contributed by atoms with E-state index in [1.807, 2.05) is 95.3 Å². The van der Waals surface area contributed by atoms with E-state index in [-0.39, 0.29) is 0 Å². The maximum Gasteiger partial charge on any atom is 0.151 e. The summed E-state index contributed by atoms with van der Waals surface area (Å²) in [6.07, 6.45) is 7.26. The van der Waals surface area contributed by atoms with Crippen molar-refractivity contribution in [1.82, 2.24) is 24.3 Å². The minimum Gasteiger partial charge on any atom is -0.327 e. The molecule has 2 aromatic carbocycles. The Morgan fingerprint density at radius 3 is 2.45 bits per heavy atom. The Hall–Kier alpha value is -4.50. The Labute approximate surface area is 179 Å². The first kappa shape index (κ1) is 18.5. The lowest BCUT2D eigenvalue weighted by molar-refractivity contribution is 0.884. The Kier molecular flexibility index (Phi) is 4.62. The number of imidazole rings is 1. The van der Waals surface area contributed by atoms with E-state index in [2.05, 4.69) is 16.0 Å². The monoisotopic (exact) mass is 402 g/mol. The first-order valence-corrected chi connectivity index (χ1v) is 9.84. The van der Waals surface area contributed by atoms with Gasteiger partial charge >= 0.3 is 0 Å². The molecule has 0 fully saturated rings. The van der Waals surface area contributed by atoms with Crippen LogP contribution in [0.5, 0.6) is 0 Å². The number of aryl methyl sites for hydroxylation is 1. The van der Waals surface area contributed by atoms with Crippen LogP contribution in [-0.4, -0.2) is 24.3 Å². The predicted molar refractivity (Wildman–Crippen MR) is 121 cm³/mol. The van der Waals surface area contributed by atoms with Gasteiger partial charge in [-0.3, -0.25) is 4.98 Å². The van der Waals surface area contributed by atoms with Crippen molar-refractivity contribution < 1.29 is 0 Å². The fraction of sp³-hybridized carbons (Fsp3) is 0.0400. The summed E-state index contributed by atoms with van der Waals surface area (Å²) in [5.41, 5.74) is 5.79. The van der Waals surface area contributed by atoms with Gasteiger partial charge in [0.2, 0.25) is 0 Å². The van der Waals surface area contributed by atoms with Gasteiger partial charge in [-0.05, 0) is 42.5 Å². The molecule has 3 heterocycles. The number of fused-ring (bicyclic) bond motifs is 1. The van der Waals surface area contributed by atoms with Crippen molar-refractivity contribution in [3.05, 3.63) is 96.7 Å². The molecule has 6 heteroatoms. The van der Waals surface area contributed by atoms with Gasteiger partial charge in [0.1, 0.15) is 11.8 Å². The number of nitriles is 1. The third kappa shape index (κ3) is 3.38. The SMILES string of the molecule is Cn1c(C(C#N)=Cc2cn(-c3ccccc3)nc2-c2ccncc2)nc2ccccc21. The van der Waals surface area contributed by atoms with E-state index >= 15 is 0 Å². The van der Waals surface area contributed by atoms with Crippen LogP contribution in [0.4, 0.5) is 0 Å². The van der Waals surface area contributed by atoms with Crippen molar-refractivity contribution in [1.29, 1.82) is 5.26 Å². The fourth-order valence-electron chi connectivity index (χ4n) is 3.63. The minimum absolute atomic E-state index is 0.474. The molecule has 3 aromatic heterocycles. The summed E-state index contributed by atoms with van der Waals surface area (Å²) in [5, 5.41) is 14.8. The lowest BCUT2D eigenvalue weighted by Crippen LogP contribution is -1.96. The van der Waals surface area contributed by atoms with E-state index in [1.165, 1.54) is 0 Å². The molecule has 5 aromatic rings. The van der Waals surface area contributed by atoms with Gasteiger partial charge in [-0.1, -0.05) is 30.3 Å². The van der Waals surface area contributed by atoms with Crippen LogP contribution in [0.25, 0.3) is 39.6 Å². The molecule has 0 spiro atoms. The number of hydrogen-bond acceptors (Lipinski definition) is 4. The molecule has 5 rings (SSSR count). The standard InChI is InChI=1S/C25H18N6/c1-30-23-10-6-5-9-22(23)28-25(30)19(16-26)15-20-17-31(21-7-3-2-4-8-21)29-24(20)18-11-13-27-14-12-18/h2-15,17H,1H3. The van der Waals surface area contributed by atoms with Gasteiger partial charge in [-0.15, -0.1) is 0 Å². The molecule has 31 heavy (non-hydrogen) atoms. The van der Waals surface area contributed by atoms with Crippen LogP contribution in [0.1, 0.15) is 11.4 Å². The molecule has 0 unspecified atom stereocenters. The van der Waals surface area contributed by atoms with Crippen LogP contribution in [-0.2, 0) is 7.05 Å². The summed E-state index contributed by atoms with van der Waals surface area (Å²) in [4.78, 5) is 8.79. The molecule has 0 radical (unpaired) electrons. The number of benzene rings is 2. The maximum absolute atomic E-state index is 9.97. The third-order valence-electron chi connectivity index (χ3n) is 5.17. The average Bonchev–Trinajstić information content (AvgIpc) is 3.40. The number of pyridine rings is 1. The van der Waals surface area contributed by atoms with Gasteiger partial charge in [0.15, 0.2) is 5.82 Å². The quantitative estimate of drug-likeness (QED) is 0.402. The molecule has 0 N–H and O–H groups in total. The van der Waals surface area contributed by atoms with Crippen molar-refractivity contribution in [2.75, 3.05) is 0 Å². The van der Waals surface area contributed by atoms with Gasteiger partial charge < -0.3 is 4.57 Å². The number of para-hydroxylation sites is 3. The van der Waals surface area contributed by atoms with Crippen molar-refractivity contribution in [2.45, 2.75) is 0 Å². The second-order valence-corrected chi connectivity index (χ2v) is 7.10. The van der Waals surface area contributed by atoms with Crippen LogP contribution in [0, 0.1) is 11.3 Å². The molecule has 0 atom stereocenters. The lowest BCUT2D eigenvalue weighted by Gasteiger charge is -2.02. The number of aromatic nitrogens is 5. The predicted octanol–water partition coefficient (Wildman–Crippen LogP) is 4.89. The molecule has 0 aliphatic carbocycles. The first-order chi connectivity index (χ1) is 15.2. The van der Waals surface area contributed by atoms with Crippen LogP contribution >= 0.6 is 0 Å². The Balaban J connectivity index is 1.69. The van der Waals surface area contributed by atoms with Gasteiger partial charge in [-0.25, -0.2) is 9.67 Å². The van der Waals surface area contributed by atoms with E-state index < -0.39 is 0 Å². The van der Waals surface area contributed by atoms with Crippen LogP contribution in [0.3, 0.4) is 0 Å². The molecule has 0 aliphatic heterocycles. The summed E-state index contributed by atoms with van der Waals surface area (Å²) in [6.45, 7) is 0. The van der Waals surface area contributed by atoms with Crippen molar-refractivity contribution in [3.63, 3.8) is 0 Å². The fourth-order valence-corrected chi connectivity index (χ4v) is 3.63. The summed E-state index contributed by atoms with van der Waals surface area (Å²) < 4.78 is 3.77. The first-order valence-electron chi connectivity index (χ1n) is 9.84. The van der Waals surface area contributed by atoms with E-state index in [0.29, 0.717) is 11.4 Å². The summed E-state index contributed by atoms with van der Waals surface area (Å²) in [5.74, 6) is 0.622. The highest BCUT2D eigenvalue weighted by Gasteiger charge is 2.16. The number of rotatable bonds is 4. The molecule has 6 nitrogen and oxygen atoms in total. The van der Waals surface area contributed by atoms with E-state index in [1.54, 1.807) is 12.4 Å². The molecular formula is C25H18N6. The molecule has 0 amide bonds. The Morgan fingerprint density at radius 1 is 0.968 bits per heavy atom. The summed E-state index contributed by atoms with van der Waals surface area (Å²) in [6, 6.07) is 23.9. The second-order valence-electron chi connectivity index (χ2n) is 7.10. The zero-order valence-electron chi connectivity index (χ0n) is 16.8. The zero-order chi connectivity index (χ0) is 21.2. The number of allylic oxidation sites excluding steroid dienone is 1. The van der Waals surface area contributed by atoms with Crippen molar-refractivity contribution in [2.24, 2.45) is 7.05 Å². The van der Waals surface area contributed by atoms with E-state index in [4.69, 9.17) is 5.10 Å². The molecule has 0 bridgehead atoms. The van der Waals surface area contributed by atoms with Crippen molar-refractivity contribution in [3.8, 4) is 23.0 Å². The minimum atomic E-state index is 0.474. The van der Waals surface area contributed by atoms with Gasteiger partial charge in [0, 0.05) is 36.8 Å². The van der Waals surface area contributed by atoms with E-state index in [0.717, 1.165) is 33.5 Å². The molecule has 148 valence electrons. The molecular weight excluding hydrogens is 384 g/mol. The van der Waals surface area contributed by atoms with Crippen molar-refractivity contribution >= 4 is 22.7 Å². The highest BCUT2D eigenvalue weighted by Crippen LogP contribution is 2.28. The van der Waals surface area contributed by atoms with Crippen LogP contribution in [0.2, 0.25) is 0 Å². The summed E-state index contributed by atoms with van der Waals surface area (Å²) in [7, 11) is 1.92. The molecule has 0 saturated heterocycles. The lowest BCUT2D eigenvalue weighted by atomic mass is 10.1. The van der Waals surface area contributed by atoms with Crippen LogP contribution in [0.15, 0.2) is 85.3 Å². The average molecular weight is 402 g/mol. The third-order valence-corrected chi connectivity index (χ3v) is 5.17. The Bertz CT molecular complexity index is 1440. The smallest absolute Gasteiger partial charge is 0.151 e. The molecule has 0 aliphatic rings. The normalized spacial score (nSPS) is 11.5. The van der Waals surface area contributed by atoms with Crippen LogP contribution < -0.4 is 0 Å². The van der Waals surface area contributed by atoms with Gasteiger partial charge in [-0.2, -0.15) is 10.4 Å². The number of nitrogens with zero attached hydrogens (tertiary/aromatic N) is 6. The molecule has 0 saturated carbocycles. The van der Waals surface area contributed by atoms with Gasteiger partial charge in [0.05, 0.1) is 22.3 Å². The largest absolute Gasteiger partial charge is 0.327 e. The number of hydrogen-bond donors (Lipinski definition) is 0. The Morgan fingerprint density at radius 2 is 1.71 bits per heavy atom. The van der Waals surface area contributed by atoms with E-state index in [9.17, 15) is 5.26 Å². The highest BCUT2D eigenvalue weighted by atomic mass is 15.3. The second kappa shape index (κ2) is 7.73.